The van der Waals surface area contributed by atoms with E-state index in [0.717, 1.165) is 42.6 Å². The van der Waals surface area contributed by atoms with Gasteiger partial charge in [0.1, 0.15) is 17.6 Å². The van der Waals surface area contributed by atoms with Gasteiger partial charge in [-0.05, 0) is 48.7 Å². The molecule has 2 heterocycles. The number of hydrogen-bond acceptors (Lipinski definition) is 4. The molecule has 2 aliphatic heterocycles. The number of carbonyl (C=O) groups excluding carboxylic acids is 1. The van der Waals surface area contributed by atoms with E-state index >= 15 is 0 Å². The van der Waals surface area contributed by atoms with Crippen LogP contribution in [0, 0.1) is 11.3 Å². The molecule has 2 fully saturated rings. The molecule has 2 saturated heterocycles. The number of nitrogens with zero attached hydrogens (tertiary/aromatic N) is 2. The number of amides is 1. The second-order valence-corrected chi connectivity index (χ2v) is 7.60. The van der Waals surface area contributed by atoms with Crippen molar-refractivity contribution in [1.82, 2.24) is 4.90 Å². The minimum absolute atomic E-state index is 0.0147. The molecule has 0 spiro atoms. The zero-order valence-corrected chi connectivity index (χ0v) is 16.5. The van der Waals surface area contributed by atoms with Crippen molar-refractivity contribution in [2.45, 2.75) is 43.9 Å². The largest absolute Gasteiger partial charge is 0.496 e. The third-order valence-electron chi connectivity index (χ3n) is 5.88. The molecular weight excluding hydrogens is 364 g/mol. The Balaban J connectivity index is 1.58. The fourth-order valence-electron chi connectivity index (χ4n) is 4.65. The van der Waals surface area contributed by atoms with E-state index in [-0.39, 0.29) is 24.1 Å². The minimum atomic E-state index is 0.0147. The predicted molar refractivity (Wildman–Crippen MR) is 111 cm³/mol. The van der Waals surface area contributed by atoms with E-state index in [0.29, 0.717) is 11.3 Å². The first kappa shape index (κ1) is 19.1. The van der Waals surface area contributed by atoms with Gasteiger partial charge in [0.25, 0.3) is 0 Å². The summed E-state index contributed by atoms with van der Waals surface area (Å²) in [5, 5.41) is 9.49. The fourth-order valence-corrected chi connectivity index (χ4v) is 4.65. The summed E-state index contributed by atoms with van der Waals surface area (Å²) in [6.45, 7) is 3.63. The van der Waals surface area contributed by atoms with Crippen LogP contribution in [0.2, 0.25) is 0 Å². The van der Waals surface area contributed by atoms with Crippen molar-refractivity contribution in [1.29, 1.82) is 5.26 Å². The molecule has 29 heavy (non-hydrogen) atoms. The lowest BCUT2D eigenvalue weighted by Crippen LogP contribution is -2.48. The van der Waals surface area contributed by atoms with Gasteiger partial charge in [0.15, 0.2) is 0 Å². The number of methoxy groups -OCH3 is 1. The summed E-state index contributed by atoms with van der Waals surface area (Å²) in [6.07, 6.45) is 5.06. The molecule has 2 aromatic carbocycles. The van der Waals surface area contributed by atoms with Crippen molar-refractivity contribution in [3.05, 3.63) is 60.7 Å². The smallest absolute Gasteiger partial charge is 0.246 e. The molecule has 2 aromatic rings. The van der Waals surface area contributed by atoms with Gasteiger partial charge in [0, 0.05) is 30.5 Å². The van der Waals surface area contributed by atoms with Gasteiger partial charge >= 0.3 is 0 Å². The van der Waals surface area contributed by atoms with E-state index in [2.05, 4.69) is 12.6 Å². The highest BCUT2D eigenvalue weighted by molar-refractivity contribution is 5.87. The van der Waals surface area contributed by atoms with Gasteiger partial charge in [-0.1, -0.05) is 24.8 Å². The Morgan fingerprint density at radius 3 is 2.59 bits per heavy atom. The van der Waals surface area contributed by atoms with Crippen LogP contribution in [0.15, 0.2) is 55.1 Å². The van der Waals surface area contributed by atoms with E-state index in [4.69, 9.17) is 9.47 Å². The van der Waals surface area contributed by atoms with Crippen LogP contribution in [0.3, 0.4) is 0 Å². The van der Waals surface area contributed by atoms with Crippen molar-refractivity contribution >= 4 is 5.91 Å². The van der Waals surface area contributed by atoms with Crippen molar-refractivity contribution in [2.75, 3.05) is 7.11 Å². The number of para-hydroxylation sites is 1. The molecule has 148 valence electrons. The number of rotatable bonds is 5. The zero-order chi connectivity index (χ0) is 20.4. The molecule has 3 atom stereocenters. The number of fused-ring (bicyclic) bond motifs is 2. The van der Waals surface area contributed by atoms with Gasteiger partial charge in [-0.2, -0.15) is 5.26 Å². The SMILES string of the molecule is C=CC(=O)N1[C@@H]2CC[C@H]1CC(Oc1cc(C#N)cc(-c3ccccc3OC)c1)C2. The molecule has 4 rings (SSSR count). The summed E-state index contributed by atoms with van der Waals surface area (Å²) < 4.78 is 11.8. The molecule has 1 amide bonds. The van der Waals surface area contributed by atoms with Gasteiger partial charge in [0.2, 0.25) is 5.91 Å². The molecule has 0 aromatic heterocycles. The maximum absolute atomic E-state index is 12.2. The summed E-state index contributed by atoms with van der Waals surface area (Å²) in [6, 6.07) is 16.0. The van der Waals surface area contributed by atoms with Crippen LogP contribution in [0.1, 0.15) is 31.2 Å². The van der Waals surface area contributed by atoms with E-state index in [1.165, 1.54) is 6.08 Å². The molecule has 0 saturated carbocycles. The van der Waals surface area contributed by atoms with Crippen LogP contribution in [-0.4, -0.2) is 36.1 Å². The summed E-state index contributed by atoms with van der Waals surface area (Å²) >= 11 is 0. The van der Waals surface area contributed by atoms with E-state index in [1.54, 1.807) is 13.2 Å². The number of piperidine rings is 1. The average molecular weight is 388 g/mol. The highest BCUT2D eigenvalue weighted by Gasteiger charge is 2.43. The molecular formula is C24H24N2O3. The fraction of sp³-hybridized carbons (Fsp3) is 0.333. The highest BCUT2D eigenvalue weighted by atomic mass is 16.5. The number of hydrogen-bond donors (Lipinski definition) is 0. The Morgan fingerprint density at radius 2 is 1.93 bits per heavy atom. The van der Waals surface area contributed by atoms with Crippen molar-refractivity contribution in [3.63, 3.8) is 0 Å². The topological polar surface area (TPSA) is 62.6 Å². The minimum Gasteiger partial charge on any atom is -0.496 e. The van der Waals surface area contributed by atoms with Crippen LogP contribution in [-0.2, 0) is 4.79 Å². The second kappa shape index (κ2) is 8.00. The van der Waals surface area contributed by atoms with E-state index in [1.807, 2.05) is 41.3 Å². The normalized spacial score (nSPS) is 22.6. The maximum Gasteiger partial charge on any atom is 0.246 e. The Morgan fingerprint density at radius 1 is 1.21 bits per heavy atom. The van der Waals surface area contributed by atoms with Crippen LogP contribution >= 0.6 is 0 Å². The molecule has 5 heteroatoms. The zero-order valence-electron chi connectivity index (χ0n) is 16.5. The summed E-state index contributed by atoms with van der Waals surface area (Å²) in [5.74, 6) is 1.45. The number of ether oxygens (including phenoxy) is 2. The van der Waals surface area contributed by atoms with Gasteiger partial charge < -0.3 is 14.4 Å². The standard InChI is InChI=1S/C24H24N2O3/c1-3-24(27)26-18-8-9-19(26)14-21(13-18)29-20-11-16(15-25)10-17(12-20)22-6-4-5-7-23(22)28-2/h3-7,10-12,18-19,21H,1,8-9,13-14H2,2H3/t18-,19+,21?. The lowest BCUT2D eigenvalue weighted by atomic mass is 9.99. The molecule has 0 radical (unpaired) electrons. The van der Waals surface area contributed by atoms with Crippen LogP contribution in [0.4, 0.5) is 0 Å². The van der Waals surface area contributed by atoms with Crippen LogP contribution < -0.4 is 9.47 Å². The Kier molecular flexibility index (Phi) is 5.26. The Bertz CT molecular complexity index is 964. The van der Waals surface area contributed by atoms with E-state index < -0.39 is 0 Å². The number of nitriles is 1. The molecule has 1 unspecified atom stereocenters. The average Bonchev–Trinajstić information content (AvgIpc) is 3.03. The first-order valence-corrected chi connectivity index (χ1v) is 9.93. The molecule has 5 nitrogen and oxygen atoms in total. The lowest BCUT2D eigenvalue weighted by Gasteiger charge is -2.38. The van der Waals surface area contributed by atoms with Gasteiger partial charge in [-0.3, -0.25) is 4.79 Å². The lowest BCUT2D eigenvalue weighted by molar-refractivity contribution is -0.131. The Labute approximate surface area is 171 Å². The van der Waals surface area contributed by atoms with Crippen molar-refractivity contribution < 1.29 is 14.3 Å². The second-order valence-electron chi connectivity index (χ2n) is 7.60. The van der Waals surface area contributed by atoms with Crippen molar-refractivity contribution in [3.8, 4) is 28.7 Å². The first-order chi connectivity index (χ1) is 14.1. The molecule has 2 bridgehead atoms. The Hall–Kier alpha value is -3.26. The summed E-state index contributed by atoms with van der Waals surface area (Å²) in [4.78, 5) is 14.1. The maximum atomic E-state index is 12.2. The molecule has 2 aliphatic rings. The third-order valence-corrected chi connectivity index (χ3v) is 5.88. The number of benzene rings is 2. The van der Waals surface area contributed by atoms with Crippen LogP contribution in [0.5, 0.6) is 11.5 Å². The quantitative estimate of drug-likeness (QED) is 0.716. The first-order valence-electron chi connectivity index (χ1n) is 9.93. The van der Waals surface area contributed by atoms with E-state index in [9.17, 15) is 10.1 Å². The summed E-state index contributed by atoms with van der Waals surface area (Å²) in [7, 11) is 1.64. The highest BCUT2D eigenvalue weighted by Crippen LogP contribution is 2.38. The van der Waals surface area contributed by atoms with Crippen molar-refractivity contribution in [2.24, 2.45) is 0 Å². The number of carbonyl (C=O) groups is 1. The molecule has 0 N–H and O–H groups in total. The van der Waals surface area contributed by atoms with Gasteiger partial charge in [0.05, 0.1) is 18.7 Å². The third kappa shape index (κ3) is 3.71. The summed E-state index contributed by atoms with van der Waals surface area (Å²) in [5.41, 5.74) is 2.35. The monoisotopic (exact) mass is 388 g/mol. The predicted octanol–water partition coefficient (Wildman–Crippen LogP) is 4.32. The van der Waals surface area contributed by atoms with Gasteiger partial charge in [-0.15, -0.1) is 0 Å². The van der Waals surface area contributed by atoms with Crippen LogP contribution in [0.25, 0.3) is 11.1 Å². The molecule has 0 aliphatic carbocycles. The van der Waals surface area contributed by atoms with Gasteiger partial charge in [-0.25, -0.2) is 0 Å².